The van der Waals surface area contributed by atoms with Gasteiger partial charge in [0.25, 0.3) is 0 Å². The molecule has 1 fully saturated rings. The van der Waals surface area contributed by atoms with Crippen molar-refractivity contribution in [3.8, 4) is 0 Å². The van der Waals surface area contributed by atoms with Crippen LogP contribution in [-0.4, -0.2) is 45.8 Å². The molecule has 0 amide bonds. The molecule has 6 heteroatoms. The smallest absolute Gasteiger partial charge is 0.210 e. The third-order valence-corrected chi connectivity index (χ3v) is 8.37. The standard InChI is InChI=1S/C21H26N2O2S2/c1-22-13-6-5-7-16(22)12-14-23-18-8-3-4-9-20(18)27(24,25)21-11-10-17(26-2)15-19(21)23/h3-4,8-11,15-16H,5-7,12-14H2,1-2H3/t16-/m0/s1. The Morgan fingerprint density at radius 3 is 2.63 bits per heavy atom. The number of para-hydroxylation sites is 1. The highest BCUT2D eigenvalue weighted by Gasteiger charge is 2.34. The lowest BCUT2D eigenvalue weighted by Gasteiger charge is -2.37. The Bertz CT molecular complexity index is 943. The van der Waals surface area contributed by atoms with Gasteiger partial charge in [0.15, 0.2) is 0 Å². The number of thioether (sulfide) groups is 1. The second kappa shape index (κ2) is 7.49. The van der Waals surface area contributed by atoms with E-state index in [1.165, 1.54) is 19.3 Å². The second-order valence-electron chi connectivity index (χ2n) is 7.38. The number of hydrogen-bond acceptors (Lipinski definition) is 5. The largest absolute Gasteiger partial charge is 0.339 e. The van der Waals surface area contributed by atoms with E-state index < -0.39 is 9.84 Å². The topological polar surface area (TPSA) is 40.6 Å². The van der Waals surface area contributed by atoms with Crippen molar-refractivity contribution in [1.82, 2.24) is 4.90 Å². The third kappa shape index (κ3) is 3.39. The highest BCUT2D eigenvalue weighted by Crippen LogP contribution is 2.45. The zero-order valence-electron chi connectivity index (χ0n) is 15.9. The van der Waals surface area contributed by atoms with Crippen LogP contribution >= 0.6 is 11.8 Å². The molecule has 2 aromatic rings. The molecule has 27 heavy (non-hydrogen) atoms. The highest BCUT2D eigenvalue weighted by molar-refractivity contribution is 7.98. The first-order chi connectivity index (χ1) is 13.0. The van der Waals surface area contributed by atoms with E-state index in [0.29, 0.717) is 15.8 Å². The van der Waals surface area contributed by atoms with Gasteiger partial charge in [0, 0.05) is 17.5 Å². The maximum atomic E-state index is 13.2. The van der Waals surface area contributed by atoms with Gasteiger partial charge < -0.3 is 9.80 Å². The van der Waals surface area contributed by atoms with Crippen LogP contribution in [0.5, 0.6) is 0 Å². The van der Waals surface area contributed by atoms with E-state index in [-0.39, 0.29) is 0 Å². The van der Waals surface area contributed by atoms with Gasteiger partial charge in [0.2, 0.25) is 9.84 Å². The first-order valence-corrected chi connectivity index (χ1v) is 12.2. The predicted molar refractivity (Wildman–Crippen MR) is 112 cm³/mol. The summed E-state index contributed by atoms with van der Waals surface area (Å²) in [6.07, 6.45) is 6.84. The summed E-state index contributed by atoms with van der Waals surface area (Å²) in [6.45, 7) is 1.98. The predicted octanol–water partition coefficient (Wildman–Crippen LogP) is 4.57. The number of likely N-dealkylation sites (tertiary alicyclic amines) is 1. The summed E-state index contributed by atoms with van der Waals surface area (Å²) in [5.74, 6) is 0. The first-order valence-electron chi connectivity index (χ1n) is 9.52. The molecule has 4 nitrogen and oxygen atoms in total. The maximum Gasteiger partial charge on any atom is 0.210 e. The van der Waals surface area contributed by atoms with Crippen molar-refractivity contribution < 1.29 is 8.42 Å². The molecule has 0 aromatic heterocycles. The first kappa shape index (κ1) is 18.8. The number of nitrogens with zero attached hydrogens (tertiary/aromatic N) is 2. The van der Waals surface area contributed by atoms with Gasteiger partial charge in [-0.1, -0.05) is 18.6 Å². The van der Waals surface area contributed by atoms with Crippen molar-refractivity contribution in [2.75, 3.05) is 31.3 Å². The molecule has 0 spiro atoms. The Morgan fingerprint density at radius 2 is 1.85 bits per heavy atom. The van der Waals surface area contributed by atoms with E-state index >= 15 is 0 Å². The molecule has 2 aromatic carbocycles. The average Bonchev–Trinajstić information content (AvgIpc) is 2.69. The molecule has 2 aliphatic heterocycles. The third-order valence-electron chi connectivity index (χ3n) is 5.80. The van der Waals surface area contributed by atoms with E-state index in [4.69, 9.17) is 0 Å². The van der Waals surface area contributed by atoms with Crippen molar-refractivity contribution in [3.63, 3.8) is 0 Å². The van der Waals surface area contributed by atoms with E-state index in [1.807, 2.05) is 36.6 Å². The molecule has 0 radical (unpaired) electrons. The van der Waals surface area contributed by atoms with Crippen molar-refractivity contribution in [2.24, 2.45) is 0 Å². The Balaban J connectivity index is 1.74. The molecule has 0 unspecified atom stereocenters. The van der Waals surface area contributed by atoms with Gasteiger partial charge in [0.1, 0.15) is 0 Å². The van der Waals surface area contributed by atoms with E-state index in [9.17, 15) is 8.42 Å². The van der Waals surface area contributed by atoms with Gasteiger partial charge in [-0.25, -0.2) is 8.42 Å². The van der Waals surface area contributed by atoms with Crippen molar-refractivity contribution in [1.29, 1.82) is 0 Å². The van der Waals surface area contributed by atoms with E-state index in [0.717, 1.165) is 35.8 Å². The van der Waals surface area contributed by atoms with Crippen LogP contribution in [0.1, 0.15) is 25.7 Å². The van der Waals surface area contributed by atoms with Crippen LogP contribution in [-0.2, 0) is 9.84 Å². The summed E-state index contributed by atoms with van der Waals surface area (Å²) >= 11 is 1.64. The molecule has 144 valence electrons. The Kier molecular flexibility index (Phi) is 5.23. The number of piperidine rings is 1. The quantitative estimate of drug-likeness (QED) is 0.701. The van der Waals surface area contributed by atoms with Gasteiger partial charge in [-0.05, 0) is 69.4 Å². The molecule has 1 atom stereocenters. The fraction of sp³-hybridized carbons (Fsp3) is 0.429. The second-order valence-corrected chi connectivity index (χ2v) is 10.1. The molecule has 0 N–H and O–H groups in total. The van der Waals surface area contributed by atoms with Crippen LogP contribution in [0.4, 0.5) is 11.4 Å². The number of anilines is 2. The van der Waals surface area contributed by atoms with Gasteiger partial charge in [-0.3, -0.25) is 0 Å². The molecule has 0 bridgehead atoms. The summed E-state index contributed by atoms with van der Waals surface area (Å²) in [5, 5.41) is 0. The van der Waals surface area contributed by atoms with Gasteiger partial charge in [-0.15, -0.1) is 11.8 Å². The Labute approximate surface area is 166 Å². The Hall–Kier alpha value is -1.50. The number of rotatable bonds is 4. The van der Waals surface area contributed by atoms with Crippen LogP contribution in [0, 0.1) is 0 Å². The number of fused-ring (bicyclic) bond motifs is 2. The van der Waals surface area contributed by atoms with Crippen molar-refractivity contribution in [3.05, 3.63) is 42.5 Å². The lowest BCUT2D eigenvalue weighted by atomic mass is 9.99. The molecule has 0 aliphatic carbocycles. The van der Waals surface area contributed by atoms with Crippen molar-refractivity contribution >= 4 is 33.0 Å². The molecular formula is C21H26N2O2S2. The molecule has 0 saturated carbocycles. The number of benzene rings is 2. The lowest BCUT2D eigenvalue weighted by Crippen LogP contribution is -2.39. The summed E-state index contributed by atoms with van der Waals surface area (Å²) in [4.78, 5) is 6.61. The average molecular weight is 403 g/mol. The minimum absolute atomic E-state index is 0.423. The molecule has 1 saturated heterocycles. The lowest BCUT2D eigenvalue weighted by molar-refractivity contribution is 0.178. The molecule has 2 aliphatic rings. The van der Waals surface area contributed by atoms with Crippen LogP contribution in [0.25, 0.3) is 0 Å². The number of sulfone groups is 1. The number of hydrogen-bond donors (Lipinski definition) is 0. The fourth-order valence-corrected chi connectivity index (χ4v) is 6.32. The Morgan fingerprint density at radius 1 is 1.07 bits per heavy atom. The molecular weight excluding hydrogens is 376 g/mol. The minimum Gasteiger partial charge on any atom is -0.339 e. The summed E-state index contributed by atoms with van der Waals surface area (Å²) in [6, 6.07) is 13.7. The monoisotopic (exact) mass is 402 g/mol. The molecule has 2 heterocycles. The van der Waals surface area contributed by atoms with Crippen LogP contribution < -0.4 is 4.90 Å². The highest BCUT2D eigenvalue weighted by atomic mass is 32.2. The van der Waals surface area contributed by atoms with Gasteiger partial charge in [-0.2, -0.15) is 0 Å². The summed E-state index contributed by atoms with van der Waals surface area (Å²) < 4.78 is 26.3. The van der Waals surface area contributed by atoms with Crippen molar-refractivity contribution in [2.45, 2.75) is 46.4 Å². The van der Waals surface area contributed by atoms with Crippen LogP contribution in [0.15, 0.2) is 57.2 Å². The van der Waals surface area contributed by atoms with Crippen LogP contribution in [0.2, 0.25) is 0 Å². The zero-order valence-corrected chi connectivity index (χ0v) is 17.5. The maximum absolute atomic E-state index is 13.2. The summed E-state index contributed by atoms with van der Waals surface area (Å²) in [7, 11) is -1.27. The molecule has 4 rings (SSSR count). The van der Waals surface area contributed by atoms with Gasteiger partial charge in [0.05, 0.1) is 21.2 Å². The van der Waals surface area contributed by atoms with Crippen LogP contribution in [0.3, 0.4) is 0 Å². The normalized spacial score (nSPS) is 21.6. The fourth-order valence-electron chi connectivity index (χ4n) is 4.25. The van der Waals surface area contributed by atoms with E-state index in [1.54, 1.807) is 23.9 Å². The minimum atomic E-state index is -3.47. The van der Waals surface area contributed by atoms with E-state index in [2.05, 4.69) is 16.8 Å². The SMILES string of the molecule is CSc1ccc2c(c1)N(CC[C@@H]1CCCCN1C)c1ccccc1S2(=O)=O. The zero-order chi connectivity index (χ0) is 19.0. The summed E-state index contributed by atoms with van der Waals surface area (Å²) in [5.41, 5.74) is 1.63. The van der Waals surface area contributed by atoms with Gasteiger partial charge >= 0.3 is 0 Å².